The van der Waals surface area contributed by atoms with E-state index in [0.717, 1.165) is 5.75 Å². The number of hydrogen-bond donors (Lipinski definition) is 0. The fourth-order valence-corrected chi connectivity index (χ4v) is 5.13. The molecule has 4 nitrogen and oxygen atoms in total. The summed E-state index contributed by atoms with van der Waals surface area (Å²) in [6.07, 6.45) is 10.5. The monoisotopic (exact) mass is 376 g/mol. The van der Waals surface area contributed by atoms with Gasteiger partial charge in [-0.25, -0.2) is 8.42 Å². The molecule has 0 aromatic heterocycles. The maximum absolute atomic E-state index is 12.1. The minimum atomic E-state index is -6.09. The van der Waals surface area contributed by atoms with Gasteiger partial charge in [-0.05, 0) is 43.0 Å². The number of ketones is 1. The van der Waals surface area contributed by atoms with Gasteiger partial charge < -0.3 is 4.55 Å². The van der Waals surface area contributed by atoms with Crippen LogP contribution in [0.2, 0.25) is 0 Å². The summed E-state index contributed by atoms with van der Waals surface area (Å²) < 4.78 is 58.9. The standard InChI is InChI=1S/C13H23OS.CHF3O3S/c14-13(12-7-3-1-4-8-12)11-15-9-5-2-6-10-15;2-1(3,4)8(5,6)7/h12H,1-11H2;(H,5,6,7)/q+1;/p-1. The van der Waals surface area contributed by atoms with Crippen LogP contribution in [0.1, 0.15) is 51.4 Å². The highest BCUT2D eigenvalue weighted by Gasteiger charge is 2.37. The topological polar surface area (TPSA) is 74.3 Å². The number of Topliss-reactive ketones (excluding diaryl/α,β-unsaturated/α-hetero) is 1. The molecule has 136 valence electrons. The second-order valence-corrected chi connectivity index (χ2v) is 9.63. The van der Waals surface area contributed by atoms with E-state index in [9.17, 15) is 18.0 Å². The number of hydrogen-bond acceptors (Lipinski definition) is 4. The molecule has 0 bridgehead atoms. The molecule has 0 amide bonds. The van der Waals surface area contributed by atoms with Crippen LogP contribution < -0.4 is 0 Å². The van der Waals surface area contributed by atoms with Crippen molar-refractivity contribution in [3.8, 4) is 0 Å². The highest BCUT2D eigenvalue weighted by Crippen LogP contribution is 2.26. The summed E-state index contributed by atoms with van der Waals surface area (Å²) in [5.41, 5.74) is -5.65. The van der Waals surface area contributed by atoms with Crippen molar-refractivity contribution in [3.05, 3.63) is 0 Å². The Morgan fingerprint density at radius 3 is 1.87 bits per heavy atom. The Morgan fingerprint density at radius 2 is 1.43 bits per heavy atom. The zero-order valence-corrected chi connectivity index (χ0v) is 14.6. The first kappa shape index (κ1) is 20.8. The summed E-state index contributed by atoms with van der Waals surface area (Å²) in [5, 5.41) is 0. The predicted octanol–water partition coefficient (Wildman–Crippen LogP) is 2.99. The lowest BCUT2D eigenvalue weighted by atomic mass is 9.87. The molecule has 2 rings (SSSR count). The van der Waals surface area contributed by atoms with Crippen molar-refractivity contribution in [2.45, 2.75) is 56.9 Å². The molecule has 0 atom stereocenters. The third kappa shape index (κ3) is 7.89. The Labute approximate surface area is 138 Å². The number of carbonyl (C=O) groups is 1. The van der Waals surface area contributed by atoms with Crippen LogP contribution in [0.15, 0.2) is 0 Å². The van der Waals surface area contributed by atoms with E-state index in [1.165, 1.54) is 62.9 Å². The van der Waals surface area contributed by atoms with Crippen molar-refractivity contribution in [1.29, 1.82) is 0 Å². The van der Waals surface area contributed by atoms with Crippen LogP contribution in [-0.2, 0) is 25.8 Å². The lowest BCUT2D eigenvalue weighted by Crippen LogP contribution is -2.30. The molecule has 1 saturated carbocycles. The third-order valence-electron chi connectivity index (χ3n) is 4.06. The van der Waals surface area contributed by atoms with Gasteiger partial charge in [-0.2, -0.15) is 13.2 Å². The molecule has 0 unspecified atom stereocenters. The van der Waals surface area contributed by atoms with Gasteiger partial charge in [0.1, 0.15) is 11.5 Å². The maximum Gasteiger partial charge on any atom is 0.485 e. The molecule has 0 spiro atoms. The van der Waals surface area contributed by atoms with Gasteiger partial charge in [-0.3, -0.25) is 4.79 Å². The average Bonchev–Trinajstić information content (AvgIpc) is 2.48. The van der Waals surface area contributed by atoms with E-state index >= 15 is 0 Å². The van der Waals surface area contributed by atoms with E-state index in [-0.39, 0.29) is 0 Å². The molecule has 23 heavy (non-hydrogen) atoms. The number of rotatable bonds is 3. The lowest BCUT2D eigenvalue weighted by Gasteiger charge is -2.21. The molecule has 0 radical (unpaired) electrons. The second kappa shape index (κ2) is 9.27. The third-order valence-corrected chi connectivity index (χ3v) is 7.05. The fraction of sp³-hybridized carbons (Fsp3) is 0.929. The molecule has 0 aromatic carbocycles. The molecule has 1 heterocycles. The fourth-order valence-electron chi connectivity index (χ4n) is 2.78. The maximum atomic E-state index is 12.1. The Morgan fingerprint density at radius 1 is 1.00 bits per heavy atom. The zero-order chi connectivity index (χ0) is 17.5. The first-order valence-electron chi connectivity index (χ1n) is 7.80. The molecule has 2 aliphatic rings. The van der Waals surface area contributed by atoms with Gasteiger partial charge in [-0.1, -0.05) is 19.3 Å². The van der Waals surface area contributed by atoms with E-state index in [1.54, 1.807) is 0 Å². The van der Waals surface area contributed by atoms with Gasteiger partial charge in [-0.15, -0.1) is 0 Å². The minimum absolute atomic E-state index is 0.452. The van der Waals surface area contributed by atoms with Crippen LogP contribution in [0.4, 0.5) is 13.2 Å². The smallest absolute Gasteiger partial charge is 0.485 e. The summed E-state index contributed by atoms with van der Waals surface area (Å²) in [4.78, 5) is 12.1. The molecule has 0 aromatic rings. The van der Waals surface area contributed by atoms with Crippen molar-refractivity contribution in [3.63, 3.8) is 0 Å². The Kier molecular flexibility index (Phi) is 8.37. The minimum Gasteiger partial charge on any atom is -0.741 e. The molecular formula is C14H23F3O4S2. The van der Waals surface area contributed by atoms with E-state index in [0.29, 0.717) is 22.6 Å². The number of carbonyl (C=O) groups excluding carboxylic acids is 1. The Bertz CT molecular complexity index is 465. The predicted molar refractivity (Wildman–Crippen MR) is 83.2 cm³/mol. The van der Waals surface area contributed by atoms with Crippen LogP contribution in [0, 0.1) is 5.92 Å². The van der Waals surface area contributed by atoms with Gasteiger partial charge >= 0.3 is 5.51 Å². The normalized spacial score (nSPS) is 21.4. The van der Waals surface area contributed by atoms with Gasteiger partial charge in [0.05, 0.1) is 0 Å². The highest BCUT2D eigenvalue weighted by atomic mass is 32.2. The largest absolute Gasteiger partial charge is 0.741 e. The zero-order valence-electron chi connectivity index (χ0n) is 12.9. The first-order chi connectivity index (χ1) is 10.6. The van der Waals surface area contributed by atoms with E-state index in [1.807, 2.05) is 0 Å². The SMILES string of the molecule is O=C(C[S+]1CCCCC1)C1CCCCC1.O=S(=O)([O-])C(F)(F)F. The van der Waals surface area contributed by atoms with Crippen LogP contribution in [-0.4, -0.2) is 41.5 Å². The van der Waals surface area contributed by atoms with E-state index in [4.69, 9.17) is 13.0 Å². The summed E-state index contributed by atoms with van der Waals surface area (Å²) in [5.74, 6) is 4.69. The molecule has 1 aliphatic heterocycles. The van der Waals surface area contributed by atoms with Crippen molar-refractivity contribution >= 4 is 26.8 Å². The summed E-state index contributed by atoms with van der Waals surface area (Å²) in [7, 11) is -5.62. The van der Waals surface area contributed by atoms with Crippen molar-refractivity contribution < 1.29 is 30.9 Å². The van der Waals surface area contributed by atoms with Gasteiger partial charge in [0.2, 0.25) is 0 Å². The number of alkyl halides is 3. The molecule has 9 heteroatoms. The van der Waals surface area contributed by atoms with Crippen molar-refractivity contribution in [2.24, 2.45) is 5.92 Å². The second-order valence-electron chi connectivity index (χ2n) is 5.93. The summed E-state index contributed by atoms with van der Waals surface area (Å²) in [6.45, 7) is 0. The van der Waals surface area contributed by atoms with Crippen molar-refractivity contribution in [1.82, 2.24) is 0 Å². The van der Waals surface area contributed by atoms with Gasteiger partial charge in [0, 0.05) is 5.92 Å². The summed E-state index contributed by atoms with van der Waals surface area (Å²) in [6, 6.07) is 0. The molecular weight excluding hydrogens is 353 g/mol. The lowest BCUT2D eigenvalue weighted by molar-refractivity contribution is -0.121. The quantitative estimate of drug-likeness (QED) is 0.431. The Balaban J connectivity index is 0.000000284. The highest BCUT2D eigenvalue weighted by molar-refractivity contribution is 7.97. The van der Waals surface area contributed by atoms with Crippen LogP contribution in [0.5, 0.6) is 0 Å². The average molecular weight is 376 g/mol. The number of halogens is 3. The van der Waals surface area contributed by atoms with Gasteiger partial charge in [0.15, 0.2) is 21.7 Å². The summed E-state index contributed by atoms with van der Waals surface area (Å²) >= 11 is 0. The van der Waals surface area contributed by atoms with Crippen LogP contribution in [0.25, 0.3) is 0 Å². The first-order valence-corrected chi connectivity index (χ1v) is 10.9. The van der Waals surface area contributed by atoms with Crippen LogP contribution in [0.3, 0.4) is 0 Å². The van der Waals surface area contributed by atoms with Gasteiger partial charge in [0.25, 0.3) is 0 Å². The van der Waals surface area contributed by atoms with Crippen molar-refractivity contribution in [2.75, 3.05) is 17.3 Å². The molecule has 2 fully saturated rings. The molecule has 0 N–H and O–H groups in total. The molecule has 1 saturated heterocycles. The Hall–Kier alpha value is -0.280. The van der Waals surface area contributed by atoms with Crippen LogP contribution >= 0.6 is 0 Å². The molecule has 1 aliphatic carbocycles. The van der Waals surface area contributed by atoms with E-state index in [2.05, 4.69) is 0 Å². The van der Waals surface area contributed by atoms with E-state index < -0.39 is 15.6 Å².